The molecule has 3 heteroatoms. The van der Waals surface area contributed by atoms with E-state index in [9.17, 15) is 5.11 Å². The highest BCUT2D eigenvalue weighted by Crippen LogP contribution is 2.27. The minimum absolute atomic E-state index is 0.148. The Morgan fingerprint density at radius 2 is 1.62 bits per heavy atom. The normalized spacial score (nSPS) is 12.0. The smallest absolute Gasteiger partial charge is 0.141 e. The van der Waals surface area contributed by atoms with E-state index in [-0.39, 0.29) is 11.2 Å². The Balaban J connectivity index is 1.95. The average molecular weight is 346 g/mol. The number of nitrogens with zero attached hydrogens (tertiary/aromatic N) is 2. The Bertz CT molecular complexity index is 941. The van der Waals surface area contributed by atoms with Crippen LogP contribution in [0.2, 0.25) is 0 Å². The third kappa shape index (κ3) is 3.57. The Hall–Kier alpha value is -2.81. The zero-order valence-corrected chi connectivity index (χ0v) is 16.1. The van der Waals surface area contributed by atoms with E-state index in [4.69, 9.17) is 0 Å². The summed E-state index contributed by atoms with van der Waals surface area (Å²) in [5.41, 5.74) is 6.53. The molecular weight excluding hydrogens is 320 g/mol. The largest absolute Gasteiger partial charge is 0.506 e. The summed E-state index contributed by atoms with van der Waals surface area (Å²) in [5, 5.41) is 9.87. The molecule has 0 aliphatic carbocycles. The first-order valence-corrected chi connectivity index (χ1v) is 8.89. The summed E-state index contributed by atoms with van der Waals surface area (Å²) >= 11 is 0. The number of phenols is 1. The number of para-hydroxylation sites is 2. The fourth-order valence-corrected chi connectivity index (χ4v) is 3.14. The first kappa shape index (κ1) is 18.0. The van der Waals surface area contributed by atoms with Crippen molar-refractivity contribution in [3.8, 4) is 11.4 Å². The second kappa shape index (κ2) is 6.83. The monoisotopic (exact) mass is 346 g/mol. The summed E-state index contributed by atoms with van der Waals surface area (Å²) in [4.78, 5) is 4.44. The van der Waals surface area contributed by atoms with Crippen LogP contribution in [-0.4, -0.2) is 15.9 Å². The van der Waals surface area contributed by atoms with Crippen LogP contribution in [0.15, 0.2) is 59.6 Å². The first-order valence-electron chi connectivity index (χ1n) is 8.89. The first-order chi connectivity index (χ1) is 12.3. The lowest BCUT2D eigenvalue weighted by atomic mass is 9.87. The van der Waals surface area contributed by atoms with Crippen LogP contribution >= 0.6 is 0 Å². The molecule has 0 atom stereocenters. The number of hydrogen-bond donors (Lipinski definition) is 1. The van der Waals surface area contributed by atoms with Crippen molar-refractivity contribution in [1.82, 2.24) is 4.57 Å². The minimum Gasteiger partial charge on any atom is -0.506 e. The molecule has 1 aromatic heterocycles. The second-order valence-corrected chi connectivity index (χ2v) is 7.71. The predicted molar refractivity (Wildman–Crippen MR) is 109 cm³/mol. The van der Waals surface area contributed by atoms with Crippen LogP contribution in [0.1, 0.15) is 43.3 Å². The van der Waals surface area contributed by atoms with Crippen LogP contribution in [0.3, 0.4) is 0 Å². The van der Waals surface area contributed by atoms with Gasteiger partial charge in [-0.3, -0.25) is 4.99 Å². The molecule has 0 aliphatic rings. The van der Waals surface area contributed by atoms with E-state index in [1.165, 1.54) is 5.56 Å². The molecule has 0 amide bonds. The lowest BCUT2D eigenvalue weighted by Crippen LogP contribution is -2.11. The SMILES string of the molecule is Cc1cc(C=Nc2ccccc2O)c(C)n1-c1ccc(C(C)(C)C)cc1. The van der Waals surface area contributed by atoms with Gasteiger partial charge in [-0.15, -0.1) is 0 Å². The molecule has 1 N–H and O–H groups in total. The quantitative estimate of drug-likeness (QED) is 0.594. The van der Waals surface area contributed by atoms with Crippen molar-refractivity contribution in [3.05, 3.63) is 77.1 Å². The van der Waals surface area contributed by atoms with Crippen LogP contribution in [0.25, 0.3) is 5.69 Å². The Labute approximate surface area is 155 Å². The van der Waals surface area contributed by atoms with E-state index in [0.29, 0.717) is 5.69 Å². The van der Waals surface area contributed by atoms with E-state index in [2.05, 4.69) is 74.5 Å². The number of rotatable bonds is 3. The highest BCUT2D eigenvalue weighted by atomic mass is 16.3. The van der Waals surface area contributed by atoms with Gasteiger partial charge in [0, 0.05) is 28.9 Å². The second-order valence-electron chi connectivity index (χ2n) is 7.71. The maximum absolute atomic E-state index is 9.87. The number of aryl methyl sites for hydroxylation is 1. The van der Waals surface area contributed by atoms with Crippen LogP contribution in [0.5, 0.6) is 5.75 Å². The average Bonchev–Trinajstić information content (AvgIpc) is 2.87. The van der Waals surface area contributed by atoms with Crippen molar-refractivity contribution in [2.75, 3.05) is 0 Å². The number of phenolic OH excluding ortho intramolecular Hbond substituents is 1. The number of aromatic nitrogens is 1. The molecule has 134 valence electrons. The maximum Gasteiger partial charge on any atom is 0.141 e. The van der Waals surface area contributed by atoms with Gasteiger partial charge in [0.15, 0.2) is 0 Å². The highest BCUT2D eigenvalue weighted by molar-refractivity contribution is 5.84. The van der Waals surface area contributed by atoms with Gasteiger partial charge in [-0.2, -0.15) is 0 Å². The highest BCUT2D eigenvalue weighted by Gasteiger charge is 2.14. The Morgan fingerprint density at radius 3 is 2.23 bits per heavy atom. The number of aromatic hydroxyl groups is 1. The Morgan fingerprint density at radius 1 is 0.962 bits per heavy atom. The van der Waals surface area contributed by atoms with E-state index < -0.39 is 0 Å². The Kier molecular flexibility index (Phi) is 4.73. The lowest BCUT2D eigenvalue weighted by molar-refractivity contribution is 0.477. The number of benzene rings is 2. The van der Waals surface area contributed by atoms with E-state index in [0.717, 1.165) is 22.6 Å². The lowest BCUT2D eigenvalue weighted by Gasteiger charge is -2.20. The van der Waals surface area contributed by atoms with Crippen LogP contribution in [-0.2, 0) is 5.41 Å². The molecule has 2 aromatic carbocycles. The predicted octanol–water partition coefficient (Wildman–Crippen LogP) is 5.85. The van der Waals surface area contributed by atoms with Gasteiger partial charge in [0.05, 0.1) is 0 Å². The molecule has 0 spiro atoms. The van der Waals surface area contributed by atoms with Crippen molar-refractivity contribution < 1.29 is 5.11 Å². The molecule has 0 unspecified atom stereocenters. The van der Waals surface area contributed by atoms with Gasteiger partial charge in [0.2, 0.25) is 0 Å². The molecule has 0 bridgehead atoms. The summed E-state index contributed by atoms with van der Waals surface area (Å²) in [6.45, 7) is 10.9. The molecule has 26 heavy (non-hydrogen) atoms. The topological polar surface area (TPSA) is 37.5 Å². The fraction of sp³-hybridized carbons (Fsp3) is 0.261. The van der Waals surface area contributed by atoms with Gasteiger partial charge in [-0.25, -0.2) is 0 Å². The molecule has 0 fully saturated rings. The van der Waals surface area contributed by atoms with Gasteiger partial charge in [-0.05, 0) is 55.2 Å². The van der Waals surface area contributed by atoms with Gasteiger partial charge in [-0.1, -0.05) is 45.0 Å². The van der Waals surface area contributed by atoms with Crippen molar-refractivity contribution in [1.29, 1.82) is 0 Å². The van der Waals surface area contributed by atoms with Crippen LogP contribution in [0, 0.1) is 13.8 Å². The summed E-state index contributed by atoms with van der Waals surface area (Å²) in [5.74, 6) is 0.190. The minimum atomic E-state index is 0.148. The molecule has 0 aliphatic heterocycles. The molecule has 3 rings (SSSR count). The zero-order chi connectivity index (χ0) is 18.9. The van der Waals surface area contributed by atoms with Crippen molar-refractivity contribution >= 4 is 11.9 Å². The van der Waals surface area contributed by atoms with E-state index in [1.807, 2.05) is 12.3 Å². The van der Waals surface area contributed by atoms with Crippen molar-refractivity contribution in [2.24, 2.45) is 4.99 Å². The summed E-state index contributed by atoms with van der Waals surface area (Å²) in [6, 6.07) is 18.0. The van der Waals surface area contributed by atoms with Crippen LogP contribution < -0.4 is 0 Å². The van der Waals surface area contributed by atoms with Gasteiger partial charge < -0.3 is 9.67 Å². The fourth-order valence-electron chi connectivity index (χ4n) is 3.14. The zero-order valence-electron chi connectivity index (χ0n) is 16.1. The van der Waals surface area contributed by atoms with Gasteiger partial charge >= 0.3 is 0 Å². The molecule has 1 heterocycles. The van der Waals surface area contributed by atoms with E-state index in [1.54, 1.807) is 18.2 Å². The third-order valence-electron chi connectivity index (χ3n) is 4.69. The van der Waals surface area contributed by atoms with Crippen molar-refractivity contribution in [2.45, 2.75) is 40.0 Å². The molecule has 0 radical (unpaired) electrons. The summed E-state index contributed by atoms with van der Waals surface area (Å²) < 4.78 is 2.23. The summed E-state index contributed by atoms with van der Waals surface area (Å²) in [7, 11) is 0. The summed E-state index contributed by atoms with van der Waals surface area (Å²) in [6.07, 6.45) is 1.82. The molecule has 3 aromatic rings. The maximum atomic E-state index is 9.87. The molecule has 0 saturated heterocycles. The van der Waals surface area contributed by atoms with Gasteiger partial charge in [0.1, 0.15) is 11.4 Å². The number of aliphatic imine (C=N–C) groups is 1. The molecular formula is C23H26N2O. The standard InChI is InChI=1S/C23H26N2O/c1-16-14-18(15-24-21-8-6-7-9-22(21)26)17(2)25(16)20-12-10-19(11-13-20)23(3,4)5/h6-15,26H,1-5H3. The van der Waals surface area contributed by atoms with E-state index >= 15 is 0 Å². The third-order valence-corrected chi connectivity index (χ3v) is 4.69. The number of hydrogen-bond acceptors (Lipinski definition) is 2. The van der Waals surface area contributed by atoms with Crippen LogP contribution in [0.4, 0.5) is 5.69 Å². The van der Waals surface area contributed by atoms with Crippen molar-refractivity contribution in [3.63, 3.8) is 0 Å². The molecule has 3 nitrogen and oxygen atoms in total. The van der Waals surface area contributed by atoms with Gasteiger partial charge in [0.25, 0.3) is 0 Å². The molecule has 0 saturated carbocycles.